The number of hydrogen-bond acceptors (Lipinski definition) is 5. The van der Waals surface area contributed by atoms with Gasteiger partial charge in [0.15, 0.2) is 0 Å². The van der Waals surface area contributed by atoms with Gasteiger partial charge in [-0.05, 0) is 25.0 Å². The average Bonchev–Trinajstić information content (AvgIpc) is 3.00. The van der Waals surface area contributed by atoms with E-state index < -0.39 is 6.10 Å². The summed E-state index contributed by atoms with van der Waals surface area (Å²) in [6.45, 7) is 6.86. The zero-order chi connectivity index (χ0) is 15.9. The molecule has 2 heterocycles. The first-order valence-corrected chi connectivity index (χ1v) is 8.19. The first kappa shape index (κ1) is 16.6. The molecular formula is C16H21N3O2S. The number of rotatable bonds is 7. The van der Waals surface area contributed by atoms with Gasteiger partial charge in [0.25, 0.3) is 0 Å². The number of carbonyl (C=O) groups excluding carboxylic acids is 1. The largest absolute Gasteiger partial charge is 0.368 e. The molecular weight excluding hydrogens is 298 g/mol. The lowest BCUT2D eigenvalue weighted by molar-refractivity contribution is -0.132. The Balaban J connectivity index is 1.85. The van der Waals surface area contributed by atoms with Gasteiger partial charge in [0.05, 0.1) is 17.9 Å². The highest BCUT2D eigenvalue weighted by Crippen LogP contribution is 2.19. The summed E-state index contributed by atoms with van der Waals surface area (Å²) in [5.74, 6) is 0.297. The quantitative estimate of drug-likeness (QED) is 0.852. The second-order valence-corrected chi connectivity index (χ2v) is 6.37. The Morgan fingerprint density at radius 1 is 1.32 bits per heavy atom. The fourth-order valence-corrected chi connectivity index (χ4v) is 2.47. The summed E-state index contributed by atoms with van der Waals surface area (Å²) in [7, 11) is 0. The normalized spacial score (nSPS) is 12.4. The van der Waals surface area contributed by atoms with E-state index in [1.807, 2.05) is 23.6 Å². The predicted octanol–water partition coefficient (Wildman–Crippen LogP) is 2.88. The van der Waals surface area contributed by atoms with Crippen LogP contribution in [0.1, 0.15) is 25.8 Å². The smallest absolute Gasteiger partial charge is 0.249 e. The van der Waals surface area contributed by atoms with E-state index >= 15 is 0 Å². The Bertz CT molecular complexity index is 598. The maximum atomic E-state index is 11.9. The van der Waals surface area contributed by atoms with Crippen LogP contribution in [0.15, 0.2) is 29.8 Å². The van der Waals surface area contributed by atoms with Gasteiger partial charge in [0, 0.05) is 18.2 Å². The molecule has 118 valence electrons. The van der Waals surface area contributed by atoms with Crippen LogP contribution in [0.2, 0.25) is 0 Å². The molecule has 0 radical (unpaired) electrons. The molecule has 2 aromatic rings. The van der Waals surface area contributed by atoms with E-state index in [1.165, 1.54) is 11.3 Å². The summed E-state index contributed by atoms with van der Waals surface area (Å²) in [6, 6.07) is 5.71. The highest BCUT2D eigenvalue weighted by Gasteiger charge is 2.14. The summed E-state index contributed by atoms with van der Waals surface area (Å²) >= 11 is 1.51. The van der Waals surface area contributed by atoms with E-state index in [0.717, 1.165) is 16.4 Å². The number of carbonyl (C=O) groups is 1. The number of ether oxygens (including phenoxy) is 1. The molecule has 6 heteroatoms. The fraction of sp³-hybridized carbons (Fsp3) is 0.438. The van der Waals surface area contributed by atoms with Gasteiger partial charge in [-0.15, -0.1) is 11.3 Å². The molecule has 0 bridgehead atoms. The molecule has 1 amide bonds. The molecule has 0 aliphatic heterocycles. The van der Waals surface area contributed by atoms with Crippen molar-refractivity contribution in [1.29, 1.82) is 0 Å². The van der Waals surface area contributed by atoms with Crippen molar-refractivity contribution in [3.63, 3.8) is 0 Å². The Morgan fingerprint density at radius 2 is 2.14 bits per heavy atom. The first-order valence-electron chi connectivity index (χ1n) is 7.31. The highest BCUT2D eigenvalue weighted by molar-refractivity contribution is 7.09. The van der Waals surface area contributed by atoms with Crippen molar-refractivity contribution in [3.05, 3.63) is 34.8 Å². The van der Waals surface area contributed by atoms with Gasteiger partial charge in [-0.1, -0.05) is 19.9 Å². The van der Waals surface area contributed by atoms with Crippen molar-refractivity contribution in [1.82, 2.24) is 15.3 Å². The van der Waals surface area contributed by atoms with E-state index in [1.54, 1.807) is 13.1 Å². The Morgan fingerprint density at radius 3 is 2.82 bits per heavy atom. The molecule has 0 aliphatic carbocycles. The van der Waals surface area contributed by atoms with Crippen LogP contribution in [-0.2, 0) is 16.1 Å². The van der Waals surface area contributed by atoms with Crippen molar-refractivity contribution >= 4 is 17.2 Å². The molecule has 0 aromatic carbocycles. The van der Waals surface area contributed by atoms with Crippen molar-refractivity contribution in [2.24, 2.45) is 5.92 Å². The van der Waals surface area contributed by atoms with Crippen LogP contribution in [0.3, 0.4) is 0 Å². The molecule has 2 rings (SSSR count). The number of hydrogen-bond donors (Lipinski definition) is 1. The molecule has 0 spiro atoms. The standard InChI is InChI=1S/C16H21N3O2S/c1-11(2)9-21-12(3)16(20)18-8-15-19-14(10-22-15)13-6-4-5-7-17-13/h4-7,10-12H,8-9H2,1-3H3,(H,18,20). The summed E-state index contributed by atoms with van der Waals surface area (Å²) in [5.41, 5.74) is 1.67. The molecule has 2 aromatic heterocycles. The van der Waals surface area contributed by atoms with E-state index in [2.05, 4.69) is 29.1 Å². The van der Waals surface area contributed by atoms with Gasteiger partial charge < -0.3 is 10.1 Å². The van der Waals surface area contributed by atoms with Crippen LogP contribution in [0.25, 0.3) is 11.4 Å². The lowest BCUT2D eigenvalue weighted by Crippen LogP contribution is -2.34. The minimum Gasteiger partial charge on any atom is -0.368 e. The lowest BCUT2D eigenvalue weighted by Gasteiger charge is -2.14. The van der Waals surface area contributed by atoms with Gasteiger partial charge in [-0.2, -0.15) is 0 Å². The summed E-state index contributed by atoms with van der Waals surface area (Å²) < 4.78 is 5.49. The SMILES string of the molecule is CC(C)COC(C)C(=O)NCc1nc(-c2ccccn2)cs1. The van der Waals surface area contributed by atoms with Crippen LogP contribution in [0.4, 0.5) is 0 Å². The number of amides is 1. The van der Waals surface area contributed by atoms with Gasteiger partial charge in [0.2, 0.25) is 5.91 Å². The second-order valence-electron chi connectivity index (χ2n) is 5.43. The maximum Gasteiger partial charge on any atom is 0.249 e. The van der Waals surface area contributed by atoms with E-state index in [0.29, 0.717) is 19.1 Å². The lowest BCUT2D eigenvalue weighted by atomic mass is 10.2. The van der Waals surface area contributed by atoms with Gasteiger partial charge in [-0.25, -0.2) is 4.98 Å². The van der Waals surface area contributed by atoms with E-state index in [9.17, 15) is 4.79 Å². The number of thiazole rings is 1. The van der Waals surface area contributed by atoms with Gasteiger partial charge >= 0.3 is 0 Å². The third kappa shape index (κ3) is 4.89. The Hall–Kier alpha value is -1.79. The van der Waals surface area contributed by atoms with Crippen molar-refractivity contribution in [2.45, 2.75) is 33.4 Å². The third-order valence-corrected chi connectivity index (χ3v) is 3.79. The molecule has 0 fully saturated rings. The minimum absolute atomic E-state index is 0.116. The molecule has 22 heavy (non-hydrogen) atoms. The van der Waals surface area contributed by atoms with Crippen molar-refractivity contribution in [2.75, 3.05) is 6.61 Å². The number of nitrogens with zero attached hydrogens (tertiary/aromatic N) is 2. The maximum absolute atomic E-state index is 11.9. The van der Waals surface area contributed by atoms with Crippen LogP contribution >= 0.6 is 11.3 Å². The predicted molar refractivity (Wildman–Crippen MR) is 87.4 cm³/mol. The second kappa shape index (κ2) is 8.00. The van der Waals surface area contributed by atoms with Crippen LogP contribution in [-0.4, -0.2) is 28.6 Å². The average molecular weight is 319 g/mol. The first-order chi connectivity index (χ1) is 10.6. The van der Waals surface area contributed by atoms with Gasteiger partial charge in [0.1, 0.15) is 11.1 Å². The number of nitrogens with one attached hydrogen (secondary N) is 1. The van der Waals surface area contributed by atoms with Crippen molar-refractivity contribution < 1.29 is 9.53 Å². The molecule has 0 aliphatic rings. The Kier molecular flexibility index (Phi) is 6.03. The van der Waals surface area contributed by atoms with E-state index in [-0.39, 0.29) is 5.91 Å². The number of aromatic nitrogens is 2. The van der Waals surface area contributed by atoms with Crippen LogP contribution in [0.5, 0.6) is 0 Å². The fourth-order valence-electron chi connectivity index (χ4n) is 1.74. The van der Waals surface area contributed by atoms with E-state index in [4.69, 9.17) is 4.74 Å². The summed E-state index contributed by atoms with van der Waals surface area (Å²) in [6.07, 6.45) is 1.29. The third-order valence-electron chi connectivity index (χ3n) is 2.94. The molecule has 0 saturated heterocycles. The Labute approximate surface area is 134 Å². The summed E-state index contributed by atoms with van der Waals surface area (Å²) in [4.78, 5) is 20.7. The van der Waals surface area contributed by atoms with Crippen LogP contribution in [0, 0.1) is 5.92 Å². The topological polar surface area (TPSA) is 64.1 Å². The monoisotopic (exact) mass is 319 g/mol. The minimum atomic E-state index is -0.447. The highest BCUT2D eigenvalue weighted by atomic mass is 32.1. The zero-order valence-electron chi connectivity index (χ0n) is 13.1. The zero-order valence-corrected chi connectivity index (χ0v) is 13.9. The molecule has 0 saturated carbocycles. The summed E-state index contributed by atoms with van der Waals surface area (Å²) in [5, 5.41) is 5.65. The number of pyridine rings is 1. The molecule has 1 atom stereocenters. The van der Waals surface area contributed by atoms with Crippen molar-refractivity contribution in [3.8, 4) is 11.4 Å². The molecule has 1 N–H and O–H groups in total. The van der Waals surface area contributed by atoms with Gasteiger partial charge in [-0.3, -0.25) is 9.78 Å². The molecule has 1 unspecified atom stereocenters. The molecule has 5 nitrogen and oxygen atoms in total. The van der Waals surface area contributed by atoms with Crippen LogP contribution < -0.4 is 5.32 Å².